The molecule has 0 aliphatic rings. The number of fused-ring (bicyclic) bond motifs is 1. The van der Waals surface area contributed by atoms with Crippen molar-refractivity contribution in [3.05, 3.63) is 12.5 Å². The molecule has 2 aromatic rings. The van der Waals surface area contributed by atoms with Crippen LogP contribution in [-0.2, 0) is 7.05 Å². The third kappa shape index (κ3) is 2.01. The van der Waals surface area contributed by atoms with Gasteiger partial charge in [0.2, 0.25) is 0 Å². The first kappa shape index (κ1) is 12.3. The summed E-state index contributed by atoms with van der Waals surface area (Å²) in [6.45, 7) is 4.32. The molecule has 0 amide bonds. The summed E-state index contributed by atoms with van der Waals surface area (Å²) in [4.78, 5) is 10.8. The molecule has 2 heterocycles. The van der Waals surface area contributed by atoms with Gasteiger partial charge in [0.05, 0.1) is 11.6 Å². The third-order valence-corrected chi connectivity index (χ3v) is 4.43. The van der Waals surface area contributed by atoms with Crippen molar-refractivity contribution < 1.29 is 0 Å². The number of rotatable bonds is 3. The number of alkyl halides is 1. The number of aromatic nitrogens is 4. The predicted molar refractivity (Wildman–Crippen MR) is 72.6 cm³/mol. The number of halogens is 1. The maximum absolute atomic E-state index is 4.38. The van der Waals surface area contributed by atoms with E-state index in [4.69, 9.17) is 0 Å². The zero-order chi connectivity index (χ0) is 12.6. The van der Waals surface area contributed by atoms with Crippen LogP contribution >= 0.6 is 15.9 Å². The zero-order valence-corrected chi connectivity index (χ0v) is 12.1. The van der Waals surface area contributed by atoms with Crippen LogP contribution in [0, 0.1) is 0 Å². The van der Waals surface area contributed by atoms with E-state index < -0.39 is 0 Å². The molecular weight excluding hydrogens is 282 g/mol. The van der Waals surface area contributed by atoms with Crippen LogP contribution in [0.3, 0.4) is 0 Å². The van der Waals surface area contributed by atoms with E-state index in [0.717, 1.165) is 22.2 Å². The Labute approximate surface area is 109 Å². The fourth-order valence-corrected chi connectivity index (χ4v) is 1.97. The Kier molecular flexibility index (Phi) is 3.07. The van der Waals surface area contributed by atoms with Crippen LogP contribution in [-0.4, -0.2) is 37.7 Å². The zero-order valence-electron chi connectivity index (χ0n) is 10.5. The maximum Gasteiger partial charge on any atom is 0.163 e. The van der Waals surface area contributed by atoms with E-state index >= 15 is 0 Å². The molecule has 0 saturated carbocycles. The van der Waals surface area contributed by atoms with Crippen LogP contribution < -0.4 is 4.90 Å². The average Bonchev–Trinajstić information content (AvgIpc) is 2.70. The van der Waals surface area contributed by atoms with E-state index in [1.165, 1.54) is 0 Å². The molecule has 0 aliphatic carbocycles. The van der Waals surface area contributed by atoms with Crippen molar-refractivity contribution in [1.29, 1.82) is 0 Å². The van der Waals surface area contributed by atoms with Crippen LogP contribution in [0.5, 0.6) is 0 Å². The monoisotopic (exact) mass is 297 g/mol. The Bertz CT molecular complexity index is 534. The minimum absolute atomic E-state index is 0.0167. The van der Waals surface area contributed by atoms with Gasteiger partial charge in [0.1, 0.15) is 12.1 Å². The van der Waals surface area contributed by atoms with E-state index in [1.54, 1.807) is 11.0 Å². The number of anilines is 1. The van der Waals surface area contributed by atoms with Crippen molar-refractivity contribution in [1.82, 2.24) is 19.7 Å². The molecule has 0 unspecified atom stereocenters. The lowest BCUT2D eigenvalue weighted by atomic mass is 10.1. The second-order valence-electron chi connectivity index (χ2n) is 4.71. The molecule has 92 valence electrons. The highest BCUT2D eigenvalue weighted by molar-refractivity contribution is 9.09. The van der Waals surface area contributed by atoms with E-state index in [2.05, 4.69) is 49.7 Å². The highest BCUT2D eigenvalue weighted by Crippen LogP contribution is 2.27. The molecule has 2 rings (SSSR count). The molecule has 2 aromatic heterocycles. The van der Waals surface area contributed by atoms with Gasteiger partial charge >= 0.3 is 0 Å². The molecule has 6 heteroatoms. The third-order valence-electron chi connectivity index (χ3n) is 3.06. The summed E-state index contributed by atoms with van der Waals surface area (Å²) in [5.74, 6) is 0.910. The normalized spacial score (nSPS) is 12.1. The number of aryl methyl sites for hydroxylation is 1. The van der Waals surface area contributed by atoms with Crippen molar-refractivity contribution >= 4 is 32.8 Å². The van der Waals surface area contributed by atoms with Crippen LogP contribution in [0.25, 0.3) is 11.0 Å². The van der Waals surface area contributed by atoms with E-state index in [9.17, 15) is 0 Å². The number of hydrogen-bond acceptors (Lipinski definition) is 4. The van der Waals surface area contributed by atoms with Crippen molar-refractivity contribution in [3.8, 4) is 0 Å². The molecule has 0 aromatic carbocycles. The first-order chi connectivity index (χ1) is 7.97. The lowest BCUT2D eigenvalue weighted by Gasteiger charge is -2.35. The number of hydrogen-bond donors (Lipinski definition) is 0. The van der Waals surface area contributed by atoms with E-state index in [0.29, 0.717) is 0 Å². The highest BCUT2D eigenvalue weighted by atomic mass is 79.9. The van der Waals surface area contributed by atoms with Crippen LogP contribution in [0.2, 0.25) is 0 Å². The largest absolute Gasteiger partial charge is 0.353 e. The molecule has 5 nitrogen and oxygen atoms in total. The number of nitrogens with zero attached hydrogens (tertiary/aromatic N) is 5. The summed E-state index contributed by atoms with van der Waals surface area (Å²) >= 11 is 3.53. The second-order valence-corrected chi connectivity index (χ2v) is 5.27. The first-order valence-corrected chi connectivity index (χ1v) is 6.52. The molecule has 0 bridgehead atoms. The second kappa shape index (κ2) is 4.25. The van der Waals surface area contributed by atoms with Crippen molar-refractivity contribution in [2.45, 2.75) is 19.4 Å². The Morgan fingerprint density at radius 3 is 2.76 bits per heavy atom. The van der Waals surface area contributed by atoms with Gasteiger partial charge in [-0.25, -0.2) is 9.97 Å². The average molecular weight is 298 g/mol. The van der Waals surface area contributed by atoms with Gasteiger partial charge in [0.25, 0.3) is 0 Å². The first-order valence-electron chi connectivity index (χ1n) is 5.40. The highest BCUT2D eigenvalue weighted by Gasteiger charge is 2.25. The van der Waals surface area contributed by atoms with Crippen LogP contribution in [0.4, 0.5) is 5.82 Å². The summed E-state index contributed by atoms with van der Waals surface area (Å²) in [7, 11) is 3.92. The van der Waals surface area contributed by atoms with Gasteiger partial charge in [0, 0.05) is 25.0 Å². The molecule has 0 saturated heterocycles. The standard InChI is InChI=1S/C11H16BrN5/c1-11(2,6-12)16(3)9-8-5-15-17(4)10(8)14-7-13-9/h5,7H,6H2,1-4H3. The summed E-state index contributed by atoms with van der Waals surface area (Å²) in [5, 5.41) is 6.06. The Morgan fingerprint density at radius 2 is 2.12 bits per heavy atom. The molecule has 0 atom stereocenters. The fraction of sp³-hybridized carbons (Fsp3) is 0.545. The minimum atomic E-state index is -0.0167. The lowest BCUT2D eigenvalue weighted by molar-refractivity contribution is 0.548. The molecule has 0 radical (unpaired) electrons. The topological polar surface area (TPSA) is 46.8 Å². The minimum Gasteiger partial charge on any atom is -0.353 e. The van der Waals surface area contributed by atoms with E-state index in [1.807, 2.05) is 20.3 Å². The summed E-state index contributed by atoms with van der Waals surface area (Å²) in [6.07, 6.45) is 3.39. The molecular formula is C11H16BrN5. The Hall–Kier alpha value is -1.17. The molecule has 17 heavy (non-hydrogen) atoms. The van der Waals surface area contributed by atoms with Crippen LogP contribution in [0.15, 0.2) is 12.5 Å². The molecule has 0 N–H and O–H groups in total. The quantitative estimate of drug-likeness (QED) is 0.813. The predicted octanol–water partition coefficient (Wildman–Crippen LogP) is 1.97. The molecule has 0 spiro atoms. The van der Waals surface area contributed by atoms with Crippen LogP contribution in [0.1, 0.15) is 13.8 Å². The van der Waals surface area contributed by atoms with E-state index in [-0.39, 0.29) is 5.54 Å². The summed E-state index contributed by atoms with van der Waals surface area (Å²) < 4.78 is 1.76. The van der Waals surface area contributed by atoms with Gasteiger partial charge in [-0.3, -0.25) is 4.68 Å². The van der Waals surface area contributed by atoms with Gasteiger partial charge in [-0.05, 0) is 13.8 Å². The van der Waals surface area contributed by atoms with Crippen molar-refractivity contribution in [2.75, 3.05) is 17.3 Å². The lowest BCUT2D eigenvalue weighted by Crippen LogP contribution is -2.43. The van der Waals surface area contributed by atoms with Gasteiger partial charge < -0.3 is 4.90 Å². The van der Waals surface area contributed by atoms with Gasteiger partial charge in [-0.2, -0.15) is 5.10 Å². The molecule has 0 fully saturated rings. The van der Waals surface area contributed by atoms with Gasteiger partial charge in [-0.1, -0.05) is 15.9 Å². The Morgan fingerprint density at radius 1 is 1.41 bits per heavy atom. The van der Waals surface area contributed by atoms with Gasteiger partial charge in [0.15, 0.2) is 5.65 Å². The van der Waals surface area contributed by atoms with Gasteiger partial charge in [-0.15, -0.1) is 0 Å². The van der Waals surface area contributed by atoms with Crippen molar-refractivity contribution in [3.63, 3.8) is 0 Å². The molecule has 0 aliphatic heterocycles. The smallest absolute Gasteiger partial charge is 0.163 e. The summed E-state index contributed by atoms with van der Waals surface area (Å²) in [5.41, 5.74) is 0.837. The maximum atomic E-state index is 4.38. The fourth-order valence-electron chi connectivity index (χ4n) is 1.59. The Balaban J connectivity index is 2.56. The SMILES string of the molecule is CN(c1ncnc2c1cnn2C)C(C)(C)CBr. The summed E-state index contributed by atoms with van der Waals surface area (Å²) in [6, 6.07) is 0. The van der Waals surface area contributed by atoms with Crippen molar-refractivity contribution in [2.24, 2.45) is 7.05 Å².